The number of thioether (sulfide) groups is 2. The van der Waals surface area contributed by atoms with Crippen LogP contribution in [0.1, 0.15) is 132 Å². The fourth-order valence-electron chi connectivity index (χ4n) is 10.4. The number of hydrogen-bond donors (Lipinski definition) is 4. The first-order valence-corrected chi connectivity index (χ1v) is 31.0. The fourth-order valence-corrected chi connectivity index (χ4v) is 12.6. The maximum Gasteiger partial charge on any atom is 0.339 e. The van der Waals surface area contributed by atoms with Crippen LogP contribution in [0.4, 0.5) is 0 Å². The van der Waals surface area contributed by atoms with Crippen molar-refractivity contribution in [3.8, 4) is 11.5 Å². The molecule has 26 nitrogen and oxygen atoms in total. The van der Waals surface area contributed by atoms with E-state index in [0.717, 1.165) is 12.8 Å². The molecule has 14 atom stereocenters. The summed E-state index contributed by atoms with van der Waals surface area (Å²) in [7, 11) is 0. The average molecular weight is 1260 g/mol. The Bertz CT molecular complexity index is 3060. The van der Waals surface area contributed by atoms with Crippen molar-refractivity contribution in [2.75, 3.05) is 37.9 Å². The minimum Gasteiger partial charge on any atom is -0.489 e. The zero-order valence-electron chi connectivity index (χ0n) is 51.2. The number of oxime groups is 2. The number of aliphatic hydroxyl groups excluding tert-OH is 2. The van der Waals surface area contributed by atoms with Crippen LogP contribution < -0.4 is 31.4 Å². The van der Waals surface area contributed by atoms with Crippen LogP contribution in [0.3, 0.4) is 0 Å². The van der Waals surface area contributed by atoms with Gasteiger partial charge < -0.3 is 86.7 Å². The molecular formula is C59H82N6O20S2. The maximum absolute atomic E-state index is 13.6. The monoisotopic (exact) mass is 1260 g/mol. The van der Waals surface area contributed by atoms with E-state index in [0.29, 0.717) is 75.5 Å². The zero-order chi connectivity index (χ0) is 63.2. The summed E-state index contributed by atoms with van der Waals surface area (Å²) in [6.45, 7) is 29.2. The molecular weight excluding hydrogens is 1180 g/mol. The van der Waals surface area contributed by atoms with Gasteiger partial charge in [0.1, 0.15) is 105 Å². The highest BCUT2D eigenvalue weighted by Crippen LogP contribution is 2.43. The molecule has 2 aromatic heterocycles. The van der Waals surface area contributed by atoms with Crippen molar-refractivity contribution >= 4 is 56.8 Å². The molecule has 5 fully saturated rings. The Balaban J connectivity index is 0.000000226. The molecule has 0 spiro atoms. The van der Waals surface area contributed by atoms with Crippen LogP contribution in [-0.2, 0) is 57.2 Å². The largest absolute Gasteiger partial charge is 0.489 e. The summed E-state index contributed by atoms with van der Waals surface area (Å²) in [6.07, 6.45) is -1.69. The molecule has 7 aliphatic rings. The number of ether oxygens (including phenoxy) is 10. The number of aliphatic hydroxyl groups is 2. The number of nitrogens with one attached hydrogen (secondary N) is 2. The van der Waals surface area contributed by atoms with Gasteiger partial charge >= 0.3 is 11.3 Å². The van der Waals surface area contributed by atoms with Crippen LogP contribution in [0, 0.1) is 0 Å². The summed E-state index contributed by atoms with van der Waals surface area (Å²) in [5, 5.41) is 35.7. The smallest absolute Gasteiger partial charge is 0.339 e. The van der Waals surface area contributed by atoms with Crippen LogP contribution in [0.25, 0.3) is 0 Å². The Morgan fingerprint density at radius 2 is 1.11 bits per heavy atom. The highest BCUT2D eigenvalue weighted by Gasteiger charge is 2.60. The first kappa shape index (κ1) is 67.4. The van der Waals surface area contributed by atoms with E-state index in [9.17, 15) is 29.4 Å². The summed E-state index contributed by atoms with van der Waals surface area (Å²) in [4.78, 5) is 72.3. The van der Waals surface area contributed by atoms with Gasteiger partial charge in [0.25, 0.3) is 12.6 Å². The standard InChI is InChI=1S/C31H43N3O10S.C28H39N3O10S/c1-9-11-19(20-13-18(37-12-10-2)14-22(35)39-20)32-28(36)31(8)16-45-26(33-31)17(3)34-44-27-25-24(42-30(6,7)43-25)23-21(40-27)15-38-29(4,5)41-23;1-7-9-17(18-11-16(36-10-8-2)12-20(33)37-18)29-26(35)28(6)14-42-24(30-28)15(3)31-41-25-23-22(39-27(4,5)40-23)21(34)19(13-32)38-25/h10,13-14,19,21,23-25,27H,2,9,11-12,15-16H2,1,3-8H3,(H,32,36);8,11-12,17,19,21-23,25,32,34H,2,7,9-10,13-14H2,1,3-6H3,(H,29,35)/b34-17+;31-15+/t19-,21-,23-,24+,25+,27-,31+;17-,19-,21-,22+,23+,25-,28+/m11/s1. The van der Waals surface area contributed by atoms with Gasteiger partial charge in [-0.3, -0.25) is 19.6 Å². The molecule has 0 aromatic carbocycles. The van der Waals surface area contributed by atoms with E-state index in [1.54, 1.807) is 65.8 Å². The van der Waals surface area contributed by atoms with Crippen LogP contribution in [0.15, 0.2) is 88.3 Å². The molecule has 5 saturated heterocycles. The number of carbonyl (C=O) groups is 2. The van der Waals surface area contributed by atoms with E-state index in [1.807, 2.05) is 41.5 Å². The van der Waals surface area contributed by atoms with Crippen molar-refractivity contribution in [2.24, 2.45) is 20.3 Å². The molecule has 4 N–H and O–H groups in total. The van der Waals surface area contributed by atoms with Gasteiger partial charge in [-0.15, -0.1) is 23.5 Å². The van der Waals surface area contributed by atoms with Crippen LogP contribution >= 0.6 is 23.5 Å². The predicted molar refractivity (Wildman–Crippen MR) is 321 cm³/mol. The molecule has 87 heavy (non-hydrogen) atoms. The van der Waals surface area contributed by atoms with E-state index < -0.39 is 120 Å². The number of amides is 2. The lowest BCUT2D eigenvalue weighted by molar-refractivity contribution is -0.370. The van der Waals surface area contributed by atoms with Crippen molar-refractivity contribution in [3.63, 3.8) is 0 Å². The number of rotatable bonds is 23. The average Bonchev–Trinajstić information content (AvgIpc) is 1.75. The Hall–Kier alpha value is -5.50. The molecule has 0 saturated carbocycles. The Morgan fingerprint density at radius 3 is 1.57 bits per heavy atom. The predicted octanol–water partition coefficient (Wildman–Crippen LogP) is 5.91. The Labute approximate surface area is 513 Å². The quantitative estimate of drug-likeness (QED) is 0.0570. The molecule has 28 heteroatoms. The molecule has 0 unspecified atom stereocenters. The molecule has 0 radical (unpaired) electrons. The molecule has 0 aliphatic carbocycles. The van der Waals surface area contributed by atoms with Crippen molar-refractivity contribution in [1.82, 2.24) is 10.6 Å². The summed E-state index contributed by atoms with van der Waals surface area (Å²) >= 11 is 2.74. The second kappa shape index (κ2) is 28.1. The molecule has 7 aliphatic heterocycles. The summed E-state index contributed by atoms with van der Waals surface area (Å²) in [6, 6.07) is 4.61. The lowest BCUT2D eigenvalue weighted by Crippen LogP contribution is -2.63. The van der Waals surface area contributed by atoms with Crippen LogP contribution in [0.5, 0.6) is 11.5 Å². The second-order valence-electron chi connectivity index (χ2n) is 23.6. The van der Waals surface area contributed by atoms with Crippen molar-refractivity contribution in [2.45, 2.75) is 211 Å². The lowest BCUT2D eigenvalue weighted by atomic mass is 9.97. The maximum atomic E-state index is 13.6. The number of carbonyl (C=O) groups excluding carboxylic acids is 2. The number of aliphatic imine (C=N–C) groups is 2. The van der Waals surface area contributed by atoms with Gasteiger partial charge in [0.2, 0.25) is 11.8 Å². The van der Waals surface area contributed by atoms with E-state index in [4.69, 9.17) is 70.9 Å². The Kier molecular flexibility index (Phi) is 21.8. The highest BCUT2D eigenvalue weighted by molar-refractivity contribution is 8.16. The van der Waals surface area contributed by atoms with Gasteiger partial charge in [-0.05, 0) is 82.1 Å². The first-order valence-electron chi connectivity index (χ1n) is 29.0. The van der Waals surface area contributed by atoms with Crippen molar-refractivity contribution < 1.29 is 85.7 Å². The SMILES string of the molecule is C=CCOc1cc([C@@H](CCC)NC(=O)[C@]2(C)CSC(/C(C)=N/O[C@H]3O[C@@H]4COC(C)(C)O[C@H]4[C@@H]4OC(C)(C)O[C@H]34)=N2)oc(=O)c1.C=CCOc1cc([C@@H](CCC)NC(=O)[C@]2(C)CSC(/C(C)=N/O[C@H]3O[C@H](CO)[C@@H](O)[C@@H]4OC(C)(C)O[C@H]34)=N2)oc(=O)c1. The summed E-state index contributed by atoms with van der Waals surface area (Å²) < 4.78 is 69.7. The number of hydrogen-bond acceptors (Lipinski definition) is 26. The minimum atomic E-state index is -1.12. The molecule has 480 valence electrons. The van der Waals surface area contributed by atoms with Gasteiger partial charge in [-0.25, -0.2) is 9.59 Å². The Morgan fingerprint density at radius 1 is 0.678 bits per heavy atom. The van der Waals surface area contributed by atoms with E-state index in [-0.39, 0.29) is 25.0 Å². The molecule has 9 rings (SSSR count). The van der Waals surface area contributed by atoms with E-state index >= 15 is 0 Å². The van der Waals surface area contributed by atoms with Gasteiger partial charge in [0.15, 0.2) is 29.6 Å². The summed E-state index contributed by atoms with van der Waals surface area (Å²) in [5.41, 5.74) is -2.46. The third-order valence-electron chi connectivity index (χ3n) is 14.7. The fraction of sp³-hybridized carbons (Fsp3) is 0.661. The van der Waals surface area contributed by atoms with Crippen molar-refractivity contribution in [1.29, 1.82) is 0 Å². The van der Waals surface area contributed by atoms with Crippen LogP contribution in [0.2, 0.25) is 0 Å². The lowest BCUT2D eigenvalue weighted by Gasteiger charge is -2.47. The third-order valence-corrected chi connectivity index (χ3v) is 17.4. The second-order valence-corrected chi connectivity index (χ2v) is 25.5. The highest BCUT2D eigenvalue weighted by atomic mass is 32.2. The molecule has 9 heterocycles. The topological polar surface area (TPSA) is 319 Å². The third kappa shape index (κ3) is 16.5. The zero-order valence-corrected chi connectivity index (χ0v) is 52.9. The molecule has 0 bridgehead atoms. The van der Waals surface area contributed by atoms with Gasteiger partial charge in [0.05, 0.1) is 37.4 Å². The van der Waals surface area contributed by atoms with Gasteiger partial charge in [-0.2, -0.15) is 0 Å². The van der Waals surface area contributed by atoms with Gasteiger partial charge in [-0.1, -0.05) is 62.3 Å². The first-order chi connectivity index (χ1) is 41.1. The number of nitrogens with zero attached hydrogens (tertiary/aromatic N) is 4. The van der Waals surface area contributed by atoms with Crippen molar-refractivity contribution in [3.05, 3.63) is 81.9 Å². The van der Waals surface area contributed by atoms with Gasteiger partial charge in [0, 0.05) is 23.6 Å². The van der Waals surface area contributed by atoms with E-state index in [2.05, 4.69) is 39.1 Å². The minimum absolute atomic E-state index is 0.224. The normalized spacial score (nSPS) is 31.9. The summed E-state index contributed by atoms with van der Waals surface area (Å²) in [5.74, 6) is -1.25. The van der Waals surface area contributed by atoms with Crippen LogP contribution in [-0.4, -0.2) is 171 Å². The molecule has 2 amide bonds. The van der Waals surface area contributed by atoms with E-state index in [1.165, 1.54) is 35.7 Å². The number of fused-ring (bicyclic) bond motifs is 4. The molecule has 2 aromatic rings.